The summed E-state index contributed by atoms with van der Waals surface area (Å²) in [6, 6.07) is -0.506. The van der Waals surface area contributed by atoms with Crippen LogP contribution in [0.4, 0.5) is 5.82 Å². The van der Waals surface area contributed by atoms with Gasteiger partial charge in [0.2, 0.25) is 11.7 Å². The number of carbonyl (C=O) groups is 2. The molecule has 238 valence electrons. The summed E-state index contributed by atoms with van der Waals surface area (Å²) < 4.78 is 33.1. The maximum absolute atomic E-state index is 12.7. The van der Waals surface area contributed by atoms with Crippen molar-refractivity contribution in [3.05, 3.63) is 22.7 Å². The molecule has 4 unspecified atom stereocenters. The van der Waals surface area contributed by atoms with Crippen LogP contribution in [0.5, 0.6) is 0 Å². The number of phosphoric acid groups is 1. The van der Waals surface area contributed by atoms with Crippen LogP contribution in [0.2, 0.25) is 0 Å². The van der Waals surface area contributed by atoms with E-state index in [0.29, 0.717) is 0 Å². The molecule has 3 rings (SSSR count). The van der Waals surface area contributed by atoms with Gasteiger partial charge in [0.25, 0.3) is 7.82 Å². The van der Waals surface area contributed by atoms with Crippen LogP contribution in [-0.4, -0.2) is 126 Å². The zero-order chi connectivity index (χ0) is 31.6. The predicted octanol–water partition coefficient (Wildman–Crippen LogP) is -14.3. The van der Waals surface area contributed by atoms with E-state index in [1.165, 1.54) is 6.07 Å². The van der Waals surface area contributed by atoms with Crippen LogP contribution >= 0.6 is 7.82 Å². The van der Waals surface area contributed by atoms with Gasteiger partial charge in [0.15, 0.2) is 6.23 Å². The smallest absolute Gasteiger partial charge is 0.756 e. The van der Waals surface area contributed by atoms with Gasteiger partial charge in [-0.15, -0.1) is 0 Å². The molecule has 0 aliphatic carbocycles. The summed E-state index contributed by atoms with van der Waals surface area (Å²) >= 11 is 0. The molecule has 1 amide bonds. The molecule has 2 saturated heterocycles. The van der Waals surface area contributed by atoms with Gasteiger partial charge in [0.05, 0.1) is 31.9 Å². The normalized spacial score (nSPS) is 32.8. The Morgan fingerprint density at radius 3 is 2.45 bits per heavy atom. The zero-order valence-electron chi connectivity index (χ0n) is 23.4. The van der Waals surface area contributed by atoms with Crippen LogP contribution < -0.4 is 91.6 Å². The molecule has 0 aromatic carbocycles. The second-order valence-electron chi connectivity index (χ2n) is 9.36. The minimum Gasteiger partial charge on any atom is -0.756 e. The number of carboxylic acids is 1. The van der Waals surface area contributed by atoms with E-state index in [9.17, 15) is 59.6 Å². The van der Waals surface area contributed by atoms with Crippen molar-refractivity contribution >= 4 is 25.5 Å². The number of rotatable bonds is 12. The third-order valence-corrected chi connectivity index (χ3v) is 7.42. The summed E-state index contributed by atoms with van der Waals surface area (Å²) in [4.78, 5) is 52.1. The average Bonchev–Trinajstić information content (AvgIpc) is 3.20. The first-order chi connectivity index (χ1) is 19.6. The van der Waals surface area contributed by atoms with Crippen LogP contribution in [0, 0.1) is 0 Å². The van der Waals surface area contributed by atoms with Crippen molar-refractivity contribution in [2.45, 2.75) is 67.2 Å². The van der Waals surface area contributed by atoms with Gasteiger partial charge in [0.1, 0.15) is 48.4 Å². The first-order valence-electron chi connectivity index (χ1n) is 12.1. The van der Waals surface area contributed by atoms with Gasteiger partial charge in [0, 0.05) is 12.6 Å². The second kappa shape index (κ2) is 17.0. The molecule has 1 aromatic rings. The van der Waals surface area contributed by atoms with E-state index in [0.717, 1.165) is 10.8 Å². The van der Waals surface area contributed by atoms with Crippen LogP contribution in [0.1, 0.15) is 12.6 Å². The number of nitrogen functional groups attached to an aromatic ring is 1. The molecule has 44 heavy (non-hydrogen) atoms. The van der Waals surface area contributed by atoms with Gasteiger partial charge in [-0.1, -0.05) is 0 Å². The maximum atomic E-state index is 12.7. The number of hydrogen-bond acceptors (Lipinski definition) is 19. The molecule has 0 radical (unpaired) electrons. The molecule has 2 aliphatic rings. The van der Waals surface area contributed by atoms with Crippen LogP contribution in [0.3, 0.4) is 0 Å². The number of nitrogens with zero attached hydrogens (tertiary/aromatic N) is 2. The molecule has 24 heteroatoms. The summed E-state index contributed by atoms with van der Waals surface area (Å²) in [5.74, 6) is -6.89. The van der Waals surface area contributed by atoms with E-state index >= 15 is 0 Å². The number of carbonyl (C=O) groups excluding carboxylic acids is 2. The van der Waals surface area contributed by atoms with Crippen molar-refractivity contribution in [1.29, 1.82) is 0 Å². The fourth-order valence-electron chi connectivity index (χ4n) is 4.31. The van der Waals surface area contributed by atoms with Crippen LogP contribution in [0.25, 0.3) is 0 Å². The summed E-state index contributed by atoms with van der Waals surface area (Å²) in [6.07, 6.45) is -15.4. The first-order valence-corrected chi connectivity index (χ1v) is 13.6. The summed E-state index contributed by atoms with van der Waals surface area (Å²) in [7, 11) is -5.83. The molecular formula is C20H30N5Na2O16P. The zero-order valence-corrected chi connectivity index (χ0v) is 28.3. The minimum absolute atomic E-state index is 0. The number of nitrogens with two attached hydrogens (primary N) is 2. The largest absolute Gasteiger partial charge is 1.00 e. The van der Waals surface area contributed by atoms with Crippen molar-refractivity contribution < 1.29 is 132 Å². The van der Waals surface area contributed by atoms with E-state index in [4.69, 9.17) is 20.9 Å². The molecule has 21 nitrogen and oxygen atoms in total. The predicted molar refractivity (Wildman–Crippen MR) is 127 cm³/mol. The number of phosphoric ester groups is 1. The quantitative estimate of drug-likeness (QED) is 0.0734. The van der Waals surface area contributed by atoms with Crippen molar-refractivity contribution in [2.24, 2.45) is 5.73 Å². The van der Waals surface area contributed by atoms with E-state index in [1.807, 2.05) is 0 Å². The minimum atomic E-state index is -5.83. The number of nitrogens with one attached hydrogen (secondary N) is 1. The van der Waals surface area contributed by atoms with Gasteiger partial charge >= 0.3 is 64.8 Å². The van der Waals surface area contributed by atoms with Gasteiger partial charge in [-0.05, 0) is 6.07 Å². The molecule has 0 bridgehead atoms. The van der Waals surface area contributed by atoms with Crippen molar-refractivity contribution in [3.8, 4) is 0 Å². The Kier molecular flexibility index (Phi) is 16.0. The fraction of sp³-hybridized carbons (Fsp3) is 0.700. The molecule has 1 aromatic heterocycles. The van der Waals surface area contributed by atoms with Crippen molar-refractivity contribution in [3.63, 3.8) is 0 Å². The Morgan fingerprint density at radius 1 is 1.27 bits per heavy atom. The summed E-state index contributed by atoms with van der Waals surface area (Å²) in [5.41, 5.74) is 9.63. The molecule has 11 atom stereocenters. The Morgan fingerprint density at radius 2 is 1.91 bits per heavy atom. The number of hydrogen-bond donors (Lipinski definition) is 9. The number of anilines is 1. The third kappa shape index (κ3) is 9.47. The van der Waals surface area contributed by atoms with Crippen LogP contribution in [0.15, 0.2) is 17.1 Å². The molecule has 11 N–H and O–H groups in total. The molecule has 2 aliphatic heterocycles. The second-order valence-corrected chi connectivity index (χ2v) is 10.7. The summed E-state index contributed by atoms with van der Waals surface area (Å²) in [6.45, 7) is -2.84. The number of carboxylic acid groups (broad SMARTS) is 1. The topological polar surface area (TPSA) is 355 Å². The molecule has 0 saturated carbocycles. The number of aliphatic hydroxyl groups is 6. The van der Waals surface area contributed by atoms with Crippen molar-refractivity contribution in [1.82, 2.24) is 14.9 Å². The number of aromatic nitrogens is 2. The third-order valence-electron chi connectivity index (χ3n) is 6.43. The van der Waals surface area contributed by atoms with Gasteiger partial charge < -0.3 is 76.2 Å². The number of amides is 1. The summed E-state index contributed by atoms with van der Waals surface area (Å²) in [5, 5.41) is 74.8. The van der Waals surface area contributed by atoms with E-state index in [2.05, 4.69) is 19.3 Å². The first kappa shape index (κ1) is 41.4. The molecule has 3 heterocycles. The standard InChI is InChI=1S/C20H32N5O16P.2Na/c21-4-11(29)24-12-7(27)3-20(18(33)34,40-16(12)13(30)8(28)5-26)41-42(36,37)38-6-9-14(31)15(32)17(39-9)25-2-1-10(22)23-19(25)35;;/h1-2,7-9,12-17,26-28,30-32H,3-6,21H2,(H,24,29)(H,33,34)(H,36,37)(H2,22,23,35);;/q;2*+1/p-2/t7?,8-,9-,12-,13?,14-,15-,16-,17-,20?;;/m1../s1. The monoisotopic (exact) mass is 673 g/mol. The Balaban J connectivity index is 0.00000484. The SMILES string of the molecule is NCC(=O)N[C@@H]1C(O)CC(OP(=O)([O-])OC[C@H]2O[C@@H](n3ccc(N)nc3=O)[C@H](O)[C@@H]2O)(C(=O)[O-])O[C@H]1C(O)[C@H](O)CO.[Na+].[Na+]. The van der Waals surface area contributed by atoms with E-state index in [1.54, 1.807) is 0 Å². The van der Waals surface area contributed by atoms with Crippen molar-refractivity contribution in [2.75, 3.05) is 25.5 Å². The Bertz CT molecular complexity index is 1250. The maximum Gasteiger partial charge on any atom is 1.00 e. The number of aliphatic hydroxyl groups excluding tert-OH is 6. The number of ether oxygens (including phenoxy) is 2. The molecule has 2 fully saturated rings. The van der Waals surface area contributed by atoms with Gasteiger partial charge in [-0.25, -0.2) is 4.79 Å². The van der Waals surface area contributed by atoms with E-state index < -0.39 is 112 Å². The average molecular weight is 673 g/mol. The van der Waals surface area contributed by atoms with Crippen LogP contribution in [-0.2, 0) is 32.7 Å². The molecule has 0 spiro atoms. The fourth-order valence-corrected chi connectivity index (χ4v) is 5.25. The Hall–Kier alpha value is -0.630. The van der Waals surface area contributed by atoms with E-state index in [-0.39, 0.29) is 64.9 Å². The Labute approximate surface area is 292 Å². The van der Waals surface area contributed by atoms with Gasteiger partial charge in [-0.3, -0.25) is 18.5 Å². The number of aliphatic carboxylic acids is 1. The van der Waals surface area contributed by atoms with Gasteiger partial charge in [-0.2, -0.15) is 4.98 Å². The molecular weight excluding hydrogens is 643 g/mol.